The molecule has 0 bridgehead atoms. The van der Waals surface area contributed by atoms with Crippen molar-refractivity contribution in [3.05, 3.63) is 50.7 Å². The van der Waals surface area contributed by atoms with Crippen molar-refractivity contribution in [3.8, 4) is 5.75 Å². The van der Waals surface area contributed by atoms with Crippen LogP contribution < -0.4 is 20.9 Å². The van der Waals surface area contributed by atoms with Crippen LogP contribution in [0.2, 0.25) is 0 Å². The molecule has 3 aromatic rings. The van der Waals surface area contributed by atoms with E-state index in [1.54, 1.807) is 11.6 Å². The van der Waals surface area contributed by atoms with Crippen molar-refractivity contribution in [1.82, 2.24) is 18.7 Å². The fraction of sp³-hybridized carbons (Fsp3) is 0.522. The Hall–Kier alpha value is -3.07. The van der Waals surface area contributed by atoms with E-state index < -0.39 is 17.4 Å². The van der Waals surface area contributed by atoms with E-state index in [4.69, 9.17) is 9.72 Å². The molecule has 1 saturated heterocycles. The molecule has 0 saturated carbocycles. The summed E-state index contributed by atoms with van der Waals surface area (Å²) in [6, 6.07) is 7.63. The topological polar surface area (TPSA) is 94.5 Å². The summed E-state index contributed by atoms with van der Waals surface area (Å²) in [7, 11) is 3.07. The SMILES string of the molecule is Cc1ccccc1OC[C@H](O)Cn1c(N2CCC[C@H](C)C2)nc2c1c(=O)n(C)c(=O)n2C. The lowest BCUT2D eigenvalue weighted by Gasteiger charge is -2.32. The van der Waals surface area contributed by atoms with Crippen LogP contribution in [0.15, 0.2) is 33.9 Å². The van der Waals surface area contributed by atoms with Gasteiger partial charge in [0.1, 0.15) is 18.5 Å². The van der Waals surface area contributed by atoms with Gasteiger partial charge in [0.2, 0.25) is 5.95 Å². The Bertz CT molecular complexity index is 1240. The third-order valence-corrected chi connectivity index (χ3v) is 6.19. The number of fused-ring (bicyclic) bond motifs is 1. The average molecular weight is 442 g/mol. The molecule has 4 rings (SSSR count). The largest absolute Gasteiger partial charge is 0.491 e. The van der Waals surface area contributed by atoms with Crippen LogP contribution in [0.3, 0.4) is 0 Å². The van der Waals surface area contributed by atoms with Gasteiger partial charge in [0.15, 0.2) is 11.2 Å². The zero-order chi connectivity index (χ0) is 23.0. The Morgan fingerprint density at radius 2 is 1.97 bits per heavy atom. The highest BCUT2D eigenvalue weighted by atomic mass is 16.5. The van der Waals surface area contributed by atoms with E-state index in [1.165, 1.54) is 11.6 Å². The van der Waals surface area contributed by atoms with E-state index in [0.717, 1.165) is 36.1 Å². The summed E-state index contributed by atoms with van der Waals surface area (Å²) in [5.41, 5.74) is 0.795. The van der Waals surface area contributed by atoms with Crippen LogP contribution in [0, 0.1) is 12.8 Å². The number of aliphatic hydroxyl groups is 1. The minimum Gasteiger partial charge on any atom is -0.491 e. The molecule has 0 radical (unpaired) electrons. The van der Waals surface area contributed by atoms with E-state index in [9.17, 15) is 14.7 Å². The molecule has 9 heteroatoms. The lowest BCUT2D eigenvalue weighted by Crippen LogP contribution is -2.39. The number of anilines is 1. The van der Waals surface area contributed by atoms with Crippen molar-refractivity contribution in [2.45, 2.75) is 39.3 Å². The van der Waals surface area contributed by atoms with Crippen LogP contribution in [0.25, 0.3) is 11.2 Å². The normalized spacial score (nSPS) is 17.7. The van der Waals surface area contributed by atoms with E-state index in [2.05, 4.69) is 11.8 Å². The van der Waals surface area contributed by atoms with Crippen LogP contribution in [0.1, 0.15) is 25.3 Å². The Kier molecular flexibility index (Phi) is 6.10. The lowest BCUT2D eigenvalue weighted by molar-refractivity contribution is 0.0932. The zero-order valence-electron chi connectivity index (χ0n) is 19.1. The van der Waals surface area contributed by atoms with Gasteiger partial charge >= 0.3 is 5.69 Å². The number of aryl methyl sites for hydroxylation is 2. The molecule has 32 heavy (non-hydrogen) atoms. The maximum absolute atomic E-state index is 13.0. The summed E-state index contributed by atoms with van der Waals surface area (Å²) in [5.74, 6) is 1.82. The third kappa shape index (κ3) is 4.04. The van der Waals surface area contributed by atoms with Crippen LogP contribution in [0.5, 0.6) is 5.75 Å². The highest BCUT2D eigenvalue weighted by Gasteiger charge is 2.26. The molecule has 3 heterocycles. The van der Waals surface area contributed by atoms with Crippen LogP contribution in [-0.4, -0.2) is 49.6 Å². The summed E-state index contributed by atoms with van der Waals surface area (Å²) < 4.78 is 10.0. The first-order chi connectivity index (χ1) is 15.3. The monoisotopic (exact) mass is 441 g/mol. The number of nitrogens with zero attached hydrogens (tertiary/aromatic N) is 5. The second-order valence-electron chi connectivity index (χ2n) is 8.82. The molecule has 9 nitrogen and oxygen atoms in total. The maximum atomic E-state index is 13.0. The molecule has 2 atom stereocenters. The van der Waals surface area contributed by atoms with Crippen molar-refractivity contribution in [3.63, 3.8) is 0 Å². The molecule has 1 aliphatic rings. The van der Waals surface area contributed by atoms with Gasteiger partial charge in [-0.15, -0.1) is 0 Å². The molecule has 2 aromatic heterocycles. The minimum atomic E-state index is -0.866. The van der Waals surface area contributed by atoms with E-state index in [1.807, 2.05) is 31.2 Å². The standard InChI is InChI=1S/C23H31N5O4/c1-15-8-7-11-27(12-15)22-24-20-19(21(30)26(4)23(31)25(20)3)28(22)13-17(29)14-32-18-10-6-5-9-16(18)2/h5-6,9-10,15,17,29H,7-8,11-14H2,1-4H3/t15-,17+/m0/s1. The number of benzene rings is 1. The summed E-state index contributed by atoms with van der Waals surface area (Å²) >= 11 is 0. The molecular formula is C23H31N5O4. The number of ether oxygens (including phenoxy) is 1. The zero-order valence-corrected chi connectivity index (χ0v) is 19.1. The number of aliphatic hydroxyl groups excluding tert-OH is 1. The number of hydrogen-bond acceptors (Lipinski definition) is 6. The van der Waals surface area contributed by atoms with Crippen molar-refractivity contribution in [2.75, 3.05) is 24.6 Å². The Morgan fingerprint density at radius 3 is 2.69 bits per heavy atom. The third-order valence-electron chi connectivity index (χ3n) is 6.19. The van der Waals surface area contributed by atoms with Crippen molar-refractivity contribution >= 4 is 17.1 Å². The van der Waals surface area contributed by atoms with Gasteiger partial charge in [-0.05, 0) is 37.3 Å². The highest BCUT2D eigenvalue weighted by Crippen LogP contribution is 2.26. The molecule has 1 N–H and O–H groups in total. The number of aromatic nitrogens is 4. The van der Waals surface area contributed by atoms with Gasteiger partial charge in [-0.2, -0.15) is 4.98 Å². The van der Waals surface area contributed by atoms with Gasteiger partial charge in [0.25, 0.3) is 5.56 Å². The fourth-order valence-corrected chi connectivity index (χ4v) is 4.39. The van der Waals surface area contributed by atoms with Crippen LogP contribution in [0.4, 0.5) is 5.95 Å². The summed E-state index contributed by atoms with van der Waals surface area (Å²) in [6.45, 7) is 5.98. The molecule has 172 valence electrons. The first-order valence-electron chi connectivity index (χ1n) is 11.1. The first-order valence-corrected chi connectivity index (χ1v) is 11.1. The van der Waals surface area contributed by atoms with E-state index in [0.29, 0.717) is 28.8 Å². The van der Waals surface area contributed by atoms with Gasteiger partial charge in [0, 0.05) is 27.2 Å². The first kappa shape index (κ1) is 22.1. The average Bonchev–Trinajstić information content (AvgIpc) is 3.15. The number of hydrogen-bond donors (Lipinski definition) is 1. The molecule has 0 amide bonds. The Labute approximate surface area is 186 Å². The lowest BCUT2D eigenvalue weighted by atomic mass is 10.0. The van der Waals surface area contributed by atoms with Crippen molar-refractivity contribution in [1.29, 1.82) is 0 Å². The van der Waals surface area contributed by atoms with Crippen LogP contribution >= 0.6 is 0 Å². The number of rotatable bonds is 6. The maximum Gasteiger partial charge on any atom is 0.332 e. The van der Waals surface area contributed by atoms with Crippen LogP contribution in [-0.2, 0) is 20.6 Å². The number of imidazole rings is 1. The smallest absolute Gasteiger partial charge is 0.332 e. The molecular weight excluding hydrogens is 410 g/mol. The van der Waals surface area contributed by atoms with E-state index in [-0.39, 0.29) is 13.2 Å². The summed E-state index contributed by atoms with van der Waals surface area (Å²) in [5, 5.41) is 10.8. The second-order valence-corrected chi connectivity index (χ2v) is 8.82. The summed E-state index contributed by atoms with van der Waals surface area (Å²) in [4.78, 5) is 32.4. The van der Waals surface area contributed by atoms with Gasteiger partial charge in [-0.25, -0.2) is 4.79 Å². The predicted molar refractivity (Wildman–Crippen MR) is 124 cm³/mol. The second kappa shape index (κ2) is 8.82. The Balaban J connectivity index is 1.72. The molecule has 1 aromatic carbocycles. The summed E-state index contributed by atoms with van der Waals surface area (Å²) in [6.07, 6.45) is 1.30. The van der Waals surface area contributed by atoms with Gasteiger partial charge in [-0.3, -0.25) is 13.9 Å². The van der Waals surface area contributed by atoms with Gasteiger partial charge < -0.3 is 19.3 Å². The van der Waals surface area contributed by atoms with Gasteiger partial charge in [0.05, 0.1) is 6.54 Å². The van der Waals surface area contributed by atoms with E-state index >= 15 is 0 Å². The molecule has 1 aliphatic heterocycles. The molecule has 1 fully saturated rings. The number of piperidine rings is 1. The molecule has 0 aliphatic carbocycles. The quantitative estimate of drug-likeness (QED) is 0.622. The molecule has 0 spiro atoms. The predicted octanol–water partition coefficient (Wildman–Crippen LogP) is 1.42. The molecule has 0 unspecified atom stereocenters. The fourth-order valence-electron chi connectivity index (χ4n) is 4.39. The van der Waals surface area contributed by atoms with Crippen molar-refractivity contribution < 1.29 is 9.84 Å². The minimum absolute atomic E-state index is 0.0758. The Morgan fingerprint density at radius 1 is 1.22 bits per heavy atom. The van der Waals surface area contributed by atoms with Gasteiger partial charge in [-0.1, -0.05) is 25.1 Å². The highest BCUT2D eigenvalue weighted by molar-refractivity contribution is 5.74. The number of para-hydroxylation sites is 1. The van der Waals surface area contributed by atoms with Crippen molar-refractivity contribution in [2.24, 2.45) is 20.0 Å².